The lowest BCUT2D eigenvalue weighted by atomic mass is 10.1. The van der Waals surface area contributed by atoms with Crippen LogP contribution >= 0.6 is 23.4 Å². The van der Waals surface area contributed by atoms with Crippen molar-refractivity contribution in [2.75, 3.05) is 0 Å². The van der Waals surface area contributed by atoms with E-state index >= 15 is 0 Å². The van der Waals surface area contributed by atoms with Crippen LogP contribution in [0.2, 0.25) is 5.02 Å². The summed E-state index contributed by atoms with van der Waals surface area (Å²) < 4.78 is 0. The van der Waals surface area contributed by atoms with E-state index in [2.05, 4.69) is 42.5 Å². The van der Waals surface area contributed by atoms with Gasteiger partial charge in [0.1, 0.15) is 0 Å². The van der Waals surface area contributed by atoms with Gasteiger partial charge in [0.15, 0.2) is 0 Å². The van der Waals surface area contributed by atoms with Crippen molar-refractivity contribution in [2.45, 2.75) is 16.3 Å². The summed E-state index contributed by atoms with van der Waals surface area (Å²) in [5.41, 5.74) is 6.91. The molecule has 100 valence electrons. The molecule has 0 spiro atoms. The van der Waals surface area contributed by atoms with E-state index in [0.29, 0.717) is 6.54 Å². The maximum absolute atomic E-state index is 6.08. The first-order valence-electron chi connectivity index (χ1n) is 6.41. The second-order valence-corrected chi connectivity index (χ2v) is 6.12. The molecule has 0 fully saturated rings. The largest absolute Gasteiger partial charge is 0.326 e. The summed E-state index contributed by atoms with van der Waals surface area (Å²) in [6.07, 6.45) is 0. The average Bonchev–Trinajstić information content (AvgIpc) is 2.47. The number of rotatable bonds is 3. The summed E-state index contributed by atoms with van der Waals surface area (Å²) in [5.74, 6) is 0. The molecule has 3 aromatic rings. The molecule has 0 saturated heterocycles. The monoisotopic (exact) mass is 299 g/mol. The predicted octanol–water partition coefficient (Wildman–Crippen LogP) is 5.10. The van der Waals surface area contributed by atoms with Crippen molar-refractivity contribution in [2.24, 2.45) is 5.73 Å². The molecule has 0 saturated carbocycles. The van der Waals surface area contributed by atoms with Crippen molar-refractivity contribution < 1.29 is 0 Å². The van der Waals surface area contributed by atoms with Gasteiger partial charge < -0.3 is 5.73 Å². The van der Waals surface area contributed by atoms with Gasteiger partial charge in [-0.3, -0.25) is 0 Å². The minimum Gasteiger partial charge on any atom is -0.326 e. The van der Waals surface area contributed by atoms with Crippen LogP contribution in [-0.2, 0) is 6.54 Å². The number of hydrogen-bond acceptors (Lipinski definition) is 2. The van der Waals surface area contributed by atoms with Gasteiger partial charge >= 0.3 is 0 Å². The van der Waals surface area contributed by atoms with Crippen LogP contribution in [0, 0.1) is 0 Å². The first-order valence-corrected chi connectivity index (χ1v) is 7.61. The summed E-state index contributed by atoms with van der Waals surface area (Å²) in [7, 11) is 0. The van der Waals surface area contributed by atoms with Crippen LogP contribution in [0.3, 0.4) is 0 Å². The van der Waals surface area contributed by atoms with Crippen LogP contribution in [-0.4, -0.2) is 0 Å². The van der Waals surface area contributed by atoms with Gasteiger partial charge in [0.05, 0.1) is 0 Å². The van der Waals surface area contributed by atoms with Crippen LogP contribution < -0.4 is 5.73 Å². The Morgan fingerprint density at radius 3 is 2.50 bits per heavy atom. The minimum absolute atomic E-state index is 0.521. The van der Waals surface area contributed by atoms with Crippen LogP contribution in [0.4, 0.5) is 0 Å². The number of benzene rings is 3. The fourth-order valence-corrected chi connectivity index (χ4v) is 3.43. The van der Waals surface area contributed by atoms with Gasteiger partial charge in [0.2, 0.25) is 0 Å². The van der Waals surface area contributed by atoms with Gasteiger partial charge in [-0.1, -0.05) is 59.8 Å². The van der Waals surface area contributed by atoms with Crippen molar-refractivity contribution in [1.29, 1.82) is 0 Å². The highest BCUT2D eigenvalue weighted by molar-refractivity contribution is 7.99. The van der Waals surface area contributed by atoms with Crippen molar-refractivity contribution in [3.8, 4) is 0 Å². The van der Waals surface area contributed by atoms with Gasteiger partial charge in [-0.25, -0.2) is 0 Å². The Balaban J connectivity index is 1.98. The Labute approximate surface area is 127 Å². The fourth-order valence-electron chi connectivity index (χ4n) is 2.15. The molecule has 20 heavy (non-hydrogen) atoms. The van der Waals surface area contributed by atoms with Crippen molar-refractivity contribution in [1.82, 2.24) is 0 Å². The van der Waals surface area contributed by atoms with Gasteiger partial charge in [-0.2, -0.15) is 0 Å². The van der Waals surface area contributed by atoms with Crippen LogP contribution in [0.15, 0.2) is 70.5 Å². The van der Waals surface area contributed by atoms with Crippen molar-refractivity contribution in [3.05, 3.63) is 71.2 Å². The Kier molecular flexibility index (Phi) is 3.97. The molecule has 0 heterocycles. The standard InChI is InChI=1S/C17H14ClNS/c18-15-7-5-14(11-19)17(10-15)20-16-8-6-12-3-1-2-4-13(12)9-16/h1-10H,11,19H2. The SMILES string of the molecule is NCc1ccc(Cl)cc1Sc1ccc2ccccc2c1. The lowest BCUT2D eigenvalue weighted by molar-refractivity contribution is 1.03. The number of fused-ring (bicyclic) bond motifs is 1. The smallest absolute Gasteiger partial charge is 0.0417 e. The second-order valence-electron chi connectivity index (χ2n) is 4.57. The van der Waals surface area contributed by atoms with Gasteiger partial charge in [-0.15, -0.1) is 0 Å². The Hall–Kier alpha value is -1.48. The summed E-state index contributed by atoms with van der Waals surface area (Å²) in [6.45, 7) is 0.521. The third kappa shape index (κ3) is 2.83. The molecule has 0 aliphatic heterocycles. The van der Waals surface area contributed by atoms with E-state index in [1.807, 2.05) is 18.2 Å². The fraction of sp³-hybridized carbons (Fsp3) is 0.0588. The molecule has 3 heteroatoms. The van der Waals surface area contributed by atoms with Crippen molar-refractivity contribution >= 4 is 34.1 Å². The number of nitrogens with two attached hydrogens (primary N) is 1. The minimum atomic E-state index is 0.521. The molecule has 3 rings (SSSR count). The zero-order valence-corrected chi connectivity index (χ0v) is 12.4. The zero-order chi connectivity index (χ0) is 13.9. The molecule has 0 bridgehead atoms. The highest BCUT2D eigenvalue weighted by Crippen LogP contribution is 2.33. The van der Waals surface area contributed by atoms with E-state index in [1.54, 1.807) is 11.8 Å². The molecule has 1 nitrogen and oxygen atoms in total. The third-order valence-corrected chi connectivity index (χ3v) is 4.52. The quantitative estimate of drug-likeness (QED) is 0.728. The Morgan fingerprint density at radius 2 is 1.70 bits per heavy atom. The zero-order valence-electron chi connectivity index (χ0n) is 10.8. The Bertz CT molecular complexity index is 755. The second kappa shape index (κ2) is 5.88. The van der Waals surface area contributed by atoms with E-state index in [9.17, 15) is 0 Å². The maximum atomic E-state index is 6.08. The predicted molar refractivity (Wildman–Crippen MR) is 87.4 cm³/mol. The van der Waals surface area contributed by atoms with E-state index < -0.39 is 0 Å². The van der Waals surface area contributed by atoms with Gasteiger partial charge in [-0.05, 0) is 40.6 Å². The molecule has 0 aliphatic carbocycles. The average molecular weight is 300 g/mol. The molecule has 0 aromatic heterocycles. The highest BCUT2D eigenvalue weighted by Gasteiger charge is 2.05. The van der Waals surface area contributed by atoms with E-state index in [0.717, 1.165) is 15.5 Å². The lowest BCUT2D eigenvalue weighted by Gasteiger charge is -2.09. The van der Waals surface area contributed by atoms with Gasteiger partial charge in [0.25, 0.3) is 0 Å². The summed E-state index contributed by atoms with van der Waals surface area (Å²) in [4.78, 5) is 2.32. The molecule has 3 aromatic carbocycles. The third-order valence-electron chi connectivity index (χ3n) is 3.20. The van der Waals surface area contributed by atoms with Crippen LogP contribution in [0.1, 0.15) is 5.56 Å². The van der Waals surface area contributed by atoms with E-state index in [-0.39, 0.29) is 0 Å². The normalized spacial score (nSPS) is 10.9. The molecular formula is C17H14ClNS. The maximum Gasteiger partial charge on any atom is 0.0417 e. The molecule has 0 aliphatic rings. The molecule has 0 amide bonds. The van der Waals surface area contributed by atoms with E-state index in [4.69, 9.17) is 17.3 Å². The number of hydrogen-bond donors (Lipinski definition) is 1. The number of halogens is 1. The highest BCUT2D eigenvalue weighted by atomic mass is 35.5. The van der Waals surface area contributed by atoms with Crippen LogP contribution in [0.5, 0.6) is 0 Å². The first-order chi connectivity index (χ1) is 9.76. The van der Waals surface area contributed by atoms with E-state index in [1.165, 1.54) is 15.7 Å². The van der Waals surface area contributed by atoms with Crippen LogP contribution in [0.25, 0.3) is 10.8 Å². The topological polar surface area (TPSA) is 26.0 Å². The molecule has 0 radical (unpaired) electrons. The molecule has 2 N–H and O–H groups in total. The molecule has 0 unspecified atom stereocenters. The Morgan fingerprint density at radius 1 is 0.900 bits per heavy atom. The molecule has 0 atom stereocenters. The summed E-state index contributed by atoms with van der Waals surface area (Å²) >= 11 is 7.78. The van der Waals surface area contributed by atoms with Gasteiger partial charge in [0, 0.05) is 21.4 Å². The molecular weight excluding hydrogens is 286 g/mol. The summed E-state index contributed by atoms with van der Waals surface area (Å²) in [5, 5.41) is 3.24. The van der Waals surface area contributed by atoms with Crippen molar-refractivity contribution in [3.63, 3.8) is 0 Å². The lowest BCUT2D eigenvalue weighted by Crippen LogP contribution is -1.97. The first kappa shape index (κ1) is 13.5. The summed E-state index contributed by atoms with van der Waals surface area (Å²) in [6, 6.07) is 20.7.